The van der Waals surface area contributed by atoms with E-state index in [1.165, 1.54) is 6.42 Å². The minimum Gasteiger partial charge on any atom is -0.397 e. The van der Waals surface area contributed by atoms with Crippen LogP contribution in [0.3, 0.4) is 0 Å². The van der Waals surface area contributed by atoms with E-state index in [1.807, 2.05) is 12.1 Å². The van der Waals surface area contributed by atoms with Gasteiger partial charge in [-0.3, -0.25) is 9.88 Å². The number of anilines is 1. The lowest BCUT2D eigenvalue weighted by Gasteiger charge is -2.38. The summed E-state index contributed by atoms with van der Waals surface area (Å²) in [5, 5.41) is 0. The van der Waals surface area contributed by atoms with Crippen LogP contribution in [-0.2, 0) is 6.54 Å². The van der Waals surface area contributed by atoms with Crippen molar-refractivity contribution < 1.29 is 0 Å². The van der Waals surface area contributed by atoms with Gasteiger partial charge in [0.25, 0.3) is 0 Å². The normalized spacial score (nSPS) is 22.8. The van der Waals surface area contributed by atoms with E-state index in [2.05, 4.69) is 28.8 Å². The highest BCUT2D eigenvalue weighted by atomic mass is 15.3. The summed E-state index contributed by atoms with van der Waals surface area (Å²) < 4.78 is 0. The summed E-state index contributed by atoms with van der Waals surface area (Å²) in [4.78, 5) is 9.29. The third kappa shape index (κ3) is 3.17. The Morgan fingerprint density at radius 1 is 1.41 bits per heavy atom. The molecule has 1 aromatic heterocycles. The van der Waals surface area contributed by atoms with Crippen LogP contribution in [0, 0.1) is 0 Å². The Balaban J connectivity index is 1.93. The number of nitrogen functional groups attached to an aromatic ring is 1. The minimum absolute atomic E-state index is 0.678. The number of hydrogen-bond acceptors (Lipinski definition) is 4. The molecule has 4 nitrogen and oxygen atoms in total. The number of nitrogens with zero attached hydrogens (tertiary/aromatic N) is 3. The summed E-state index contributed by atoms with van der Waals surface area (Å²) in [5.41, 5.74) is 7.48. The molecule has 0 saturated carbocycles. The largest absolute Gasteiger partial charge is 0.397 e. The average Bonchev–Trinajstić information content (AvgIpc) is 2.34. The molecule has 1 saturated heterocycles. The molecule has 17 heavy (non-hydrogen) atoms. The van der Waals surface area contributed by atoms with E-state index in [1.54, 1.807) is 6.20 Å². The lowest BCUT2D eigenvalue weighted by Crippen LogP contribution is -2.50. The molecule has 4 heteroatoms. The van der Waals surface area contributed by atoms with Gasteiger partial charge in [-0.05, 0) is 25.6 Å². The molecule has 0 bridgehead atoms. The highest BCUT2D eigenvalue weighted by molar-refractivity contribution is 5.34. The fourth-order valence-corrected chi connectivity index (χ4v) is 2.35. The third-order valence-corrected chi connectivity index (χ3v) is 3.57. The number of hydrogen-bond donors (Lipinski definition) is 1. The van der Waals surface area contributed by atoms with Crippen LogP contribution in [0.25, 0.3) is 0 Å². The van der Waals surface area contributed by atoms with Crippen LogP contribution in [0.5, 0.6) is 0 Å². The minimum atomic E-state index is 0.678. The maximum absolute atomic E-state index is 5.64. The Labute approximate surface area is 103 Å². The van der Waals surface area contributed by atoms with Crippen molar-refractivity contribution in [3.63, 3.8) is 0 Å². The second-order valence-electron chi connectivity index (χ2n) is 4.86. The molecule has 2 rings (SSSR count). The number of likely N-dealkylation sites (N-methyl/N-ethyl adjacent to an activating group) is 1. The first-order valence-corrected chi connectivity index (χ1v) is 6.32. The lowest BCUT2D eigenvalue weighted by atomic mass is 10.1. The van der Waals surface area contributed by atoms with Gasteiger partial charge < -0.3 is 10.6 Å². The number of aromatic nitrogens is 1. The van der Waals surface area contributed by atoms with Crippen molar-refractivity contribution in [1.29, 1.82) is 0 Å². The molecule has 1 aliphatic rings. The Morgan fingerprint density at radius 2 is 2.24 bits per heavy atom. The van der Waals surface area contributed by atoms with E-state index in [9.17, 15) is 0 Å². The molecule has 0 amide bonds. The van der Waals surface area contributed by atoms with E-state index in [-0.39, 0.29) is 0 Å². The van der Waals surface area contributed by atoms with Gasteiger partial charge in [0, 0.05) is 32.2 Å². The number of pyridine rings is 1. The second-order valence-corrected chi connectivity index (χ2v) is 4.86. The van der Waals surface area contributed by atoms with Gasteiger partial charge in [0.2, 0.25) is 0 Å². The van der Waals surface area contributed by atoms with Gasteiger partial charge in [-0.15, -0.1) is 0 Å². The van der Waals surface area contributed by atoms with Crippen molar-refractivity contribution in [1.82, 2.24) is 14.8 Å². The van der Waals surface area contributed by atoms with Gasteiger partial charge in [0.05, 0.1) is 17.6 Å². The van der Waals surface area contributed by atoms with Crippen molar-refractivity contribution in [2.45, 2.75) is 25.9 Å². The van der Waals surface area contributed by atoms with Gasteiger partial charge in [-0.2, -0.15) is 0 Å². The molecule has 2 N–H and O–H groups in total. The van der Waals surface area contributed by atoms with Crippen molar-refractivity contribution >= 4 is 5.69 Å². The van der Waals surface area contributed by atoms with Crippen molar-refractivity contribution in [3.8, 4) is 0 Å². The van der Waals surface area contributed by atoms with E-state index in [0.717, 1.165) is 37.6 Å². The molecular formula is C13H22N4. The molecule has 2 heterocycles. The summed E-state index contributed by atoms with van der Waals surface area (Å²) in [6, 6.07) is 4.63. The van der Waals surface area contributed by atoms with E-state index < -0.39 is 0 Å². The maximum atomic E-state index is 5.64. The summed E-state index contributed by atoms with van der Waals surface area (Å²) in [7, 11) is 2.22. The number of rotatable bonds is 3. The number of nitrogens with two attached hydrogens (primary N) is 1. The molecule has 0 aromatic carbocycles. The van der Waals surface area contributed by atoms with E-state index in [4.69, 9.17) is 5.73 Å². The molecular weight excluding hydrogens is 212 g/mol. The lowest BCUT2D eigenvalue weighted by molar-refractivity contribution is 0.0875. The molecule has 1 atom stereocenters. The Hall–Kier alpha value is -1.13. The quantitative estimate of drug-likeness (QED) is 0.853. The zero-order chi connectivity index (χ0) is 12.3. The molecule has 0 radical (unpaired) electrons. The zero-order valence-corrected chi connectivity index (χ0v) is 10.8. The van der Waals surface area contributed by atoms with Crippen LogP contribution in [-0.4, -0.2) is 47.5 Å². The Kier molecular flexibility index (Phi) is 3.97. The monoisotopic (exact) mass is 234 g/mol. The molecule has 1 aliphatic heterocycles. The van der Waals surface area contributed by atoms with Gasteiger partial charge in [-0.1, -0.05) is 6.92 Å². The standard InChI is InChI=1S/C13H22N4/c1-3-13-10-17(7-6-16(13)2)9-12-5-4-11(14)8-15-12/h4-5,8,13H,3,6-7,9-10,14H2,1-2H3. The topological polar surface area (TPSA) is 45.4 Å². The third-order valence-electron chi connectivity index (χ3n) is 3.57. The molecule has 0 spiro atoms. The van der Waals surface area contributed by atoms with Crippen molar-refractivity contribution in [2.75, 3.05) is 32.4 Å². The second kappa shape index (κ2) is 5.47. The fourth-order valence-electron chi connectivity index (χ4n) is 2.35. The number of piperazine rings is 1. The van der Waals surface area contributed by atoms with Crippen LogP contribution in [0.4, 0.5) is 5.69 Å². The molecule has 1 aromatic rings. The highest BCUT2D eigenvalue weighted by Gasteiger charge is 2.22. The molecule has 1 fully saturated rings. The zero-order valence-electron chi connectivity index (χ0n) is 10.8. The summed E-state index contributed by atoms with van der Waals surface area (Å²) in [6.07, 6.45) is 2.95. The molecule has 94 valence electrons. The SMILES string of the molecule is CCC1CN(Cc2ccc(N)cn2)CCN1C. The van der Waals surface area contributed by atoms with Crippen molar-refractivity contribution in [2.24, 2.45) is 0 Å². The highest BCUT2D eigenvalue weighted by Crippen LogP contribution is 2.13. The van der Waals surface area contributed by atoms with Gasteiger partial charge >= 0.3 is 0 Å². The molecule has 1 unspecified atom stereocenters. The van der Waals surface area contributed by atoms with Gasteiger partial charge in [0.1, 0.15) is 0 Å². The Bertz CT molecular complexity index is 349. The van der Waals surface area contributed by atoms with Crippen LogP contribution in [0.2, 0.25) is 0 Å². The predicted octanol–water partition coefficient (Wildman–Crippen LogP) is 1.19. The summed E-state index contributed by atoms with van der Waals surface area (Å²) in [6.45, 7) is 6.60. The van der Waals surface area contributed by atoms with Crippen LogP contribution >= 0.6 is 0 Å². The summed E-state index contributed by atoms with van der Waals surface area (Å²) in [5.74, 6) is 0. The molecule has 0 aliphatic carbocycles. The smallest absolute Gasteiger partial charge is 0.0545 e. The first-order valence-electron chi connectivity index (χ1n) is 6.32. The average molecular weight is 234 g/mol. The maximum Gasteiger partial charge on any atom is 0.0545 e. The first kappa shape index (κ1) is 12.3. The van der Waals surface area contributed by atoms with Crippen LogP contribution in [0.1, 0.15) is 19.0 Å². The van der Waals surface area contributed by atoms with E-state index in [0.29, 0.717) is 6.04 Å². The first-order chi connectivity index (χ1) is 8.19. The van der Waals surface area contributed by atoms with E-state index >= 15 is 0 Å². The van der Waals surface area contributed by atoms with Gasteiger partial charge in [-0.25, -0.2) is 0 Å². The summed E-state index contributed by atoms with van der Waals surface area (Å²) >= 11 is 0. The van der Waals surface area contributed by atoms with Crippen LogP contribution < -0.4 is 5.73 Å². The van der Waals surface area contributed by atoms with Crippen molar-refractivity contribution in [3.05, 3.63) is 24.0 Å². The fraction of sp³-hybridized carbons (Fsp3) is 0.615. The van der Waals surface area contributed by atoms with Crippen LogP contribution in [0.15, 0.2) is 18.3 Å². The van der Waals surface area contributed by atoms with Gasteiger partial charge in [0.15, 0.2) is 0 Å². The predicted molar refractivity (Wildman–Crippen MR) is 70.6 cm³/mol. The Morgan fingerprint density at radius 3 is 2.88 bits per heavy atom.